The van der Waals surface area contributed by atoms with Crippen LogP contribution in [0.25, 0.3) is 11.1 Å². The van der Waals surface area contributed by atoms with Gasteiger partial charge >= 0.3 is 0 Å². The average molecular weight is 288 g/mol. The molecular formula is C15H14BrN. The van der Waals surface area contributed by atoms with E-state index < -0.39 is 0 Å². The molecule has 0 fully saturated rings. The summed E-state index contributed by atoms with van der Waals surface area (Å²) in [5.74, 6) is 0. The molecule has 2 aromatic carbocycles. The molecule has 0 saturated heterocycles. The topological polar surface area (TPSA) is 3.24 Å². The van der Waals surface area contributed by atoms with Gasteiger partial charge in [-0.15, -0.1) is 0 Å². The predicted octanol–water partition coefficient (Wildman–Crippen LogP) is 4.07. The Bertz CT molecular complexity index is 536. The van der Waals surface area contributed by atoms with Crippen molar-refractivity contribution in [3.05, 3.63) is 54.1 Å². The Balaban J connectivity index is 2.15. The standard InChI is InChI=1S/C15H14BrN/c16-9-10-17-11-12-5-1-2-6-13(12)14-7-3-4-8-15(14)17/h1-8H,9-11H2. The van der Waals surface area contributed by atoms with Crippen LogP contribution < -0.4 is 4.90 Å². The zero-order valence-corrected chi connectivity index (χ0v) is 11.2. The van der Waals surface area contributed by atoms with Crippen LogP contribution in [0.15, 0.2) is 48.5 Å². The SMILES string of the molecule is BrCCN1Cc2ccccc2-c2ccccc21. The number of nitrogens with zero attached hydrogens (tertiary/aromatic N) is 1. The molecular weight excluding hydrogens is 274 g/mol. The van der Waals surface area contributed by atoms with Crippen LogP contribution in [0.4, 0.5) is 5.69 Å². The minimum atomic E-state index is 1.00. The summed E-state index contributed by atoms with van der Waals surface area (Å²) in [6.45, 7) is 2.06. The van der Waals surface area contributed by atoms with Crippen molar-refractivity contribution in [1.82, 2.24) is 0 Å². The maximum atomic E-state index is 3.54. The van der Waals surface area contributed by atoms with Crippen molar-refractivity contribution in [2.75, 3.05) is 16.8 Å². The predicted molar refractivity (Wildman–Crippen MR) is 76.7 cm³/mol. The molecule has 0 bridgehead atoms. The van der Waals surface area contributed by atoms with Crippen LogP contribution in [0.1, 0.15) is 5.56 Å². The van der Waals surface area contributed by atoms with Gasteiger partial charge in [0.2, 0.25) is 0 Å². The maximum absolute atomic E-state index is 3.54. The number of fused-ring (bicyclic) bond motifs is 3. The number of alkyl halides is 1. The highest BCUT2D eigenvalue weighted by molar-refractivity contribution is 9.09. The molecule has 0 unspecified atom stereocenters. The van der Waals surface area contributed by atoms with Gasteiger partial charge in [-0.3, -0.25) is 0 Å². The van der Waals surface area contributed by atoms with E-state index >= 15 is 0 Å². The summed E-state index contributed by atoms with van der Waals surface area (Å²) in [4.78, 5) is 2.44. The fourth-order valence-corrected chi connectivity index (χ4v) is 2.92. The number of hydrogen-bond acceptors (Lipinski definition) is 1. The van der Waals surface area contributed by atoms with Crippen molar-refractivity contribution in [3.8, 4) is 11.1 Å². The highest BCUT2D eigenvalue weighted by atomic mass is 79.9. The van der Waals surface area contributed by atoms with Crippen LogP contribution >= 0.6 is 15.9 Å². The summed E-state index contributed by atoms with van der Waals surface area (Å²) in [5, 5.41) is 1.00. The number of para-hydroxylation sites is 1. The first kappa shape index (κ1) is 10.8. The molecule has 0 aromatic heterocycles. The monoisotopic (exact) mass is 287 g/mol. The molecule has 2 aromatic rings. The lowest BCUT2D eigenvalue weighted by Crippen LogP contribution is -2.28. The molecule has 1 aliphatic rings. The smallest absolute Gasteiger partial charge is 0.0449 e. The minimum Gasteiger partial charge on any atom is -0.366 e. The van der Waals surface area contributed by atoms with Crippen LogP contribution in [0.3, 0.4) is 0 Å². The number of hydrogen-bond donors (Lipinski definition) is 0. The van der Waals surface area contributed by atoms with Crippen LogP contribution in [0.5, 0.6) is 0 Å². The van der Waals surface area contributed by atoms with Crippen LogP contribution in [0.2, 0.25) is 0 Å². The van der Waals surface area contributed by atoms with Crippen molar-refractivity contribution in [3.63, 3.8) is 0 Å². The highest BCUT2D eigenvalue weighted by Gasteiger charge is 2.20. The molecule has 1 aliphatic heterocycles. The lowest BCUT2D eigenvalue weighted by atomic mass is 9.93. The first-order valence-electron chi connectivity index (χ1n) is 5.88. The van der Waals surface area contributed by atoms with Crippen molar-refractivity contribution in [2.45, 2.75) is 6.54 Å². The second-order valence-corrected chi connectivity index (χ2v) is 5.08. The van der Waals surface area contributed by atoms with Gasteiger partial charge in [0.1, 0.15) is 0 Å². The third-order valence-electron chi connectivity index (χ3n) is 3.27. The van der Waals surface area contributed by atoms with Gasteiger partial charge in [-0.05, 0) is 17.2 Å². The molecule has 0 aliphatic carbocycles. The lowest BCUT2D eigenvalue weighted by Gasteiger charge is -2.32. The molecule has 0 N–H and O–H groups in total. The summed E-state index contributed by atoms with van der Waals surface area (Å²) < 4.78 is 0. The fraction of sp³-hybridized carbons (Fsp3) is 0.200. The molecule has 0 atom stereocenters. The van der Waals surface area contributed by atoms with Gasteiger partial charge in [0, 0.05) is 29.7 Å². The summed E-state index contributed by atoms with van der Waals surface area (Å²) in [5.41, 5.74) is 5.52. The van der Waals surface area contributed by atoms with Gasteiger partial charge in [-0.1, -0.05) is 58.4 Å². The van der Waals surface area contributed by atoms with E-state index in [1.165, 1.54) is 22.4 Å². The zero-order chi connectivity index (χ0) is 11.7. The van der Waals surface area contributed by atoms with E-state index in [1.807, 2.05) is 0 Å². The Labute approximate surface area is 110 Å². The third-order valence-corrected chi connectivity index (χ3v) is 3.62. The Morgan fingerprint density at radius 2 is 1.65 bits per heavy atom. The second kappa shape index (κ2) is 4.53. The second-order valence-electron chi connectivity index (χ2n) is 4.28. The summed E-state index contributed by atoms with van der Waals surface area (Å²) in [7, 11) is 0. The quantitative estimate of drug-likeness (QED) is 0.753. The molecule has 1 heterocycles. The molecule has 0 amide bonds. The number of benzene rings is 2. The van der Waals surface area contributed by atoms with E-state index in [0.717, 1.165) is 18.4 Å². The molecule has 2 heteroatoms. The Hall–Kier alpha value is -1.28. The molecule has 3 rings (SSSR count). The normalized spacial score (nSPS) is 13.1. The van der Waals surface area contributed by atoms with E-state index in [2.05, 4.69) is 69.4 Å². The zero-order valence-electron chi connectivity index (χ0n) is 9.57. The third kappa shape index (κ3) is 1.87. The van der Waals surface area contributed by atoms with Crippen LogP contribution in [-0.4, -0.2) is 11.9 Å². The molecule has 0 spiro atoms. The first-order chi connectivity index (χ1) is 8.40. The largest absolute Gasteiger partial charge is 0.366 e. The van der Waals surface area contributed by atoms with Crippen molar-refractivity contribution in [1.29, 1.82) is 0 Å². The number of halogens is 1. The Morgan fingerprint density at radius 3 is 2.47 bits per heavy atom. The van der Waals surface area contributed by atoms with E-state index in [4.69, 9.17) is 0 Å². The minimum absolute atomic E-state index is 1.00. The summed E-state index contributed by atoms with van der Waals surface area (Å²) in [6, 6.07) is 17.4. The van der Waals surface area contributed by atoms with Gasteiger partial charge in [0.25, 0.3) is 0 Å². The van der Waals surface area contributed by atoms with E-state index in [9.17, 15) is 0 Å². The van der Waals surface area contributed by atoms with Gasteiger partial charge in [0.05, 0.1) is 0 Å². The summed E-state index contributed by atoms with van der Waals surface area (Å²) >= 11 is 3.54. The van der Waals surface area contributed by atoms with Crippen molar-refractivity contribution < 1.29 is 0 Å². The molecule has 17 heavy (non-hydrogen) atoms. The van der Waals surface area contributed by atoms with E-state index in [1.54, 1.807) is 0 Å². The van der Waals surface area contributed by atoms with E-state index in [-0.39, 0.29) is 0 Å². The van der Waals surface area contributed by atoms with Crippen molar-refractivity contribution >= 4 is 21.6 Å². The number of rotatable bonds is 2. The van der Waals surface area contributed by atoms with Gasteiger partial charge in [-0.25, -0.2) is 0 Å². The first-order valence-corrected chi connectivity index (χ1v) is 7.00. The molecule has 0 radical (unpaired) electrons. The molecule has 86 valence electrons. The fourth-order valence-electron chi connectivity index (χ4n) is 2.49. The Morgan fingerprint density at radius 1 is 0.941 bits per heavy atom. The maximum Gasteiger partial charge on any atom is 0.0449 e. The van der Waals surface area contributed by atoms with Gasteiger partial charge in [0.15, 0.2) is 0 Å². The number of anilines is 1. The van der Waals surface area contributed by atoms with Crippen molar-refractivity contribution in [2.24, 2.45) is 0 Å². The van der Waals surface area contributed by atoms with E-state index in [0.29, 0.717) is 0 Å². The van der Waals surface area contributed by atoms with Gasteiger partial charge < -0.3 is 4.90 Å². The van der Waals surface area contributed by atoms with Crippen LogP contribution in [-0.2, 0) is 6.54 Å². The highest BCUT2D eigenvalue weighted by Crippen LogP contribution is 2.38. The lowest BCUT2D eigenvalue weighted by molar-refractivity contribution is 0.831. The Kier molecular flexibility index (Phi) is 2.89. The molecule has 1 nitrogen and oxygen atoms in total. The average Bonchev–Trinajstić information content (AvgIpc) is 2.39. The molecule has 0 saturated carbocycles. The van der Waals surface area contributed by atoms with Crippen LogP contribution in [0, 0.1) is 0 Å². The van der Waals surface area contributed by atoms with Gasteiger partial charge in [-0.2, -0.15) is 0 Å². The summed E-state index contributed by atoms with van der Waals surface area (Å²) in [6.07, 6.45) is 0.